The van der Waals surface area contributed by atoms with E-state index in [-0.39, 0.29) is 30.3 Å². The zero-order valence-electron chi connectivity index (χ0n) is 24.1. The van der Waals surface area contributed by atoms with Crippen LogP contribution in [0.4, 0.5) is 4.79 Å². The van der Waals surface area contributed by atoms with Crippen LogP contribution in [0.25, 0.3) is 0 Å². The molecule has 3 aromatic rings. The van der Waals surface area contributed by atoms with E-state index in [1.165, 1.54) is 11.1 Å². The molecule has 0 radical (unpaired) electrons. The lowest BCUT2D eigenvalue weighted by molar-refractivity contribution is -0.180. The van der Waals surface area contributed by atoms with Crippen LogP contribution in [0.5, 0.6) is 5.75 Å². The third kappa shape index (κ3) is 7.05. The molecule has 2 fully saturated rings. The van der Waals surface area contributed by atoms with Crippen molar-refractivity contribution in [3.05, 3.63) is 101 Å². The molecule has 2 heterocycles. The second kappa shape index (κ2) is 12.7. The Bertz CT molecular complexity index is 1330. The van der Waals surface area contributed by atoms with Gasteiger partial charge in [0.1, 0.15) is 11.9 Å². The van der Waals surface area contributed by atoms with Crippen LogP contribution in [-0.4, -0.2) is 94.7 Å². The molecule has 5 rings (SSSR count). The molecular formula is C32H40N6O3. The van der Waals surface area contributed by atoms with Gasteiger partial charge in [-0.05, 0) is 54.9 Å². The Morgan fingerprint density at radius 2 is 1.63 bits per heavy atom. The van der Waals surface area contributed by atoms with Gasteiger partial charge in [0.05, 0.1) is 12.6 Å². The minimum Gasteiger partial charge on any atom is -0.508 e. The maximum absolute atomic E-state index is 13.6. The van der Waals surface area contributed by atoms with Gasteiger partial charge in [-0.2, -0.15) is 0 Å². The molecule has 3 amide bonds. The van der Waals surface area contributed by atoms with Crippen molar-refractivity contribution in [2.75, 3.05) is 40.8 Å². The van der Waals surface area contributed by atoms with Gasteiger partial charge in [0.15, 0.2) is 0 Å². The van der Waals surface area contributed by atoms with Gasteiger partial charge in [0.25, 0.3) is 0 Å². The van der Waals surface area contributed by atoms with E-state index in [4.69, 9.17) is 0 Å². The Hall–Kier alpha value is -3.92. The SMILES string of the molecule is CN(C)Cc1cccc(CN2C[C@H](Cc3ccc(O)cc3)N3C(=O)CN(C)N(C(=O)NCc4ccccc4)[C@H]3C2)c1. The van der Waals surface area contributed by atoms with Crippen LogP contribution in [0, 0.1) is 0 Å². The van der Waals surface area contributed by atoms with E-state index >= 15 is 0 Å². The highest BCUT2D eigenvalue weighted by Gasteiger charge is 2.47. The highest BCUT2D eigenvalue weighted by molar-refractivity contribution is 5.83. The molecule has 2 atom stereocenters. The summed E-state index contributed by atoms with van der Waals surface area (Å²) in [5.74, 6) is 0.229. The molecular weight excluding hydrogens is 516 g/mol. The van der Waals surface area contributed by atoms with Gasteiger partial charge in [-0.1, -0.05) is 66.7 Å². The molecule has 9 heteroatoms. The van der Waals surface area contributed by atoms with Crippen LogP contribution in [0.1, 0.15) is 22.3 Å². The standard InChI is InChI=1S/C32H40N6O3/c1-34(2)19-26-10-7-11-27(16-26)20-36-21-28(17-24-12-14-29(39)15-13-24)37-30(22-36)38(35(3)23-31(37)40)32(41)33-18-25-8-5-4-6-9-25/h4-16,28,30,39H,17-23H2,1-3H3,(H,33,41)/t28-,30-/m0/s1. The number of phenolic OH excluding ortho intramolecular Hbond substituents is 1. The van der Waals surface area contributed by atoms with E-state index < -0.39 is 6.17 Å². The number of hydrazine groups is 1. The highest BCUT2D eigenvalue weighted by atomic mass is 16.3. The molecule has 2 aliphatic rings. The number of carbonyl (C=O) groups is 2. The number of likely N-dealkylation sites (N-methyl/N-ethyl adjacent to an activating group) is 1. The van der Waals surface area contributed by atoms with Gasteiger partial charge in [-0.25, -0.2) is 14.8 Å². The van der Waals surface area contributed by atoms with Crippen LogP contribution in [-0.2, 0) is 30.8 Å². The van der Waals surface area contributed by atoms with E-state index in [9.17, 15) is 14.7 Å². The molecule has 9 nitrogen and oxygen atoms in total. The van der Waals surface area contributed by atoms with E-state index in [2.05, 4.69) is 53.5 Å². The van der Waals surface area contributed by atoms with Gasteiger partial charge in [0, 0.05) is 39.8 Å². The van der Waals surface area contributed by atoms with Crippen molar-refractivity contribution < 1.29 is 14.7 Å². The van der Waals surface area contributed by atoms with Crippen LogP contribution in [0.15, 0.2) is 78.9 Å². The topological polar surface area (TPSA) is 82.6 Å². The number of carbonyl (C=O) groups excluding carboxylic acids is 2. The summed E-state index contributed by atoms with van der Waals surface area (Å²) < 4.78 is 0. The Labute approximate surface area is 242 Å². The number of rotatable bonds is 8. The quantitative estimate of drug-likeness (QED) is 0.444. The zero-order valence-corrected chi connectivity index (χ0v) is 24.1. The molecule has 0 aromatic heterocycles. The Kier molecular flexibility index (Phi) is 8.87. The molecule has 216 valence electrons. The first-order valence-corrected chi connectivity index (χ1v) is 14.1. The molecule has 3 aromatic carbocycles. The second-order valence-corrected chi connectivity index (χ2v) is 11.4. The number of piperazine rings is 1. The molecule has 0 spiro atoms. The third-order valence-corrected chi connectivity index (χ3v) is 7.71. The smallest absolute Gasteiger partial charge is 0.334 e. The number of fused-ring (bicyclic) bond motifs is 1. The number of phenols is 1. The minimum absolute atomic E-state index is 0.0148. The van der Waals surface area contributed by atoms with Crippen LogP contribution in [0.3, 0.4) is 0 Å². The largest absolute Gasteiger partial charge is 0.508 e. The third-order valence-electron chi connectivity index (χ3n) is 7.71. The summed E-state index contributed by atoms with van der Waals surface area (Å²) in [7, 11) is 5.93. The number of nitrogens with one attached hydrogen (secondary N) is 1. The molecule has 2 aliphatic heterocycles. The van der Waals surface area contributed by atoms with Gasteiger partial charge >= 0.3 is 6.03 Å². The van der Waals surface area contributed by atoms with E-state index in [0.717, 1.165) is 24.2 Å². The number of urea groups is 1. The molecule has 0 saturated carbocycles. The average Bonchev–Trinajstić information content (AvgIpc) is 2.93. The summed E-state index contributed by atoms with van der Waals surface area (Å²) in [5, 5.41) is 16.3. The minimum atomic E-state index is -0.446. The molecule has 41 heavy (non-hydrogen) atoms. The van der Waals surface area contributed by atoms with Crippen LogP contribution in [0.2, 0.25) is 0 Å². The monoisotopic (exact) mass is 556 g/mol. The van der Waals surface area contributed by atoms with Gasteiger partial charge in [-0.3, -0.25) is 9.69 Å². The Morgan fingerprint density at radius 3 is 2.37 bits per heavy atom. The first-order chi connectivity index (χ1) is 19.8. The fourth-order valence-electron chi connectivity index (χ4n) is 5.96. The molecule has 0 aliphatic carbocycles. The van der Waals surface area contributed by atoms with Gasteiger partial charge in [-0.15, -0.1) is 0 Å². The van der Waals surface area contributed by atoms with Gasteiger partial charge in [0.2, 0.25) is 5.91 Å². The number of hydrogen-bond acceptors (Lipinski definition) is 6. The first-order valence-electron chi connectivity index (χ1n) is 14.1. The number of nitrogens with zero attached hydrogens (tertiary/aromatic N) is 5. The summed E-state index contributed by atoms with van der Waals surface area (Å²) in [6.45, 7) is 3.35. The summed E-state index contributed by atoms with van der Waals surface area (Å²) in [5.41, 5.74) is 4.51. The van der Waals surface area contributed by atoms with E-state index in [1.807, 2.05) is 47.4 Å². The Balaban J connectivity index is 1.41. The van der Waals surface area contributed by atoms with Crippen molar-refractivity contribution in [3.63, 3.8) is 0 Å². The van der Waals surface area contributed by atoms with Crippen molar-refractivity contribution >= 4 is 11.9 Å². The zero-order chi connectivity index (χ0) is 28.9. The fourth-order valence-corrected chi connectivity index (χ4v) is 5.96. The van der Waals surface area contributed by atoms with Gasteiger partial charge < -0.3 is 20.2 Å². The maximum Gasteiger partial charge on any atom is 0.334 e. The number of amides is 3. The number of hydrogen-bond donors (Lipinski definition) is 2. The van der Waals surface area contributed by atoms with Crippen molar-refractivity contribution in [2.45, 2.75) is 38.3 Å². The van der Waals surface area contributed by atoms with Crippen LogP contribution < -0.4 is 5.32 Å². The normalized spacial score (nSPS) is 19.9. The lowest BCUT2D eigenvalue weighted by Gasteiger charge is -2.55. The van der Waals surface area contributed by atoms with Crippen molar-refractivity contribution in [1.82, 2.24) is 30.0 Å². The molecule has 0 unspecified atom stereocenters. The summed E-state index contributed by atoms with van der Waals surface area (Å²) in [4.78, 5) is 33.6. The van der Waals surface area contributed by atoms with Crippen molar-refractivity contribution in [2.24, 2.45) is 0 Å². The Morgan fingerprint density at radius 1 is 0.927 bits per heavy atom. The highest BCUT2D eigenvalue weighted by Crippen LogP contribution is 2.28. The van der Waals surface area contributed by atoms with E-state index in [0.29, 0.717) is 26.1 Å². The predicted molar refractivity (Wildman–Crippen MR) is 158 cm³/mol. The summed E-state index contributed by atoms with van der Waals surface area (Å²) >= 11 is 0. The molecule has 0 bridgehead atoms. The van der Waals surface area contributed by atoms with Crippen molar-refractivity contribution in [3.8, 4) is 5.75 Å². The lowest BCUT2D eigenvalue weighted by atomic mass is 9.99. The number of benzene rings is 3. The first kappa shape index (κ1) is 28.6. The van der Waals surface area contributed by atoms with Crippen LogP contribution >= 0.6 is 0 Å². The van der Waals surface area contributed by atoms with Crippen molar-refractivity contribution in [1.29, 1.82) is 0 Å². The summed E-state index contributed by atoms with van der Waals surface area (Å²) in [6, 6.07) is 25.3. The maximum atomic E-state index is 13.6. The predicted octanol–water partition coefficient (Wildman–Crippen LogP) is 3.11. The molecule has 2 N–H and O–H groups in total. The number of aromatic hydroxyl groups is 1. The lowest BCUT2D eigenvalue weighted by Crippen LogP contribution is -2.74. The molecule has 2 saturated heterocycles. The second-order valence-electron chi connectivity index (χ2n) is 11.4. The van der Waals surface area contributed by atoms with E-state index in [1.54, 1.807) is 29.2 Å². The average molecular weight is 557 g/mol. The fraction of sp³-hybridized carbons (Fsp3) is 0.375. The summed E-state index contributed by atoms with van der Waals surface area (Å²) in [6.07, 6.45) is 0.181.